The number of hydrogen-bond donors (Lipinski definition) is 2. The number of aryl methyl sites for hydroxylation is 1. The fourth-order valence-corrected chi connectivity index (χ4v) is 6.10. The van der Waals surface area contributed by atoms with Crippen molar-refractivity contribution in [1.82, 2.24) is 9.88 Å². The molecule has 4 heterocycles. The lowest BCUT2D eigenvalue weighted by Gasteiger charge is -2.20. The summed E-state index contributed by atoms with van der Waals surface area (Å²) >= 11 is 1.50. The molecule has 35 heavy (non-hydrogen) atoms. The zero-order valence-electron chi connectivity index (χ0n) is 19.4. The Morgan fingerprint density at radius 1 is 1.11 bits per heavy atom. The average molecular weight is 491 g/mol. The largest absolute Gasteiger partial charge is 0.444 e. The SMILES string of the molecule is Cc1ccc2ccc(=O)n3c2c1C(NCCC[C@@H]1CN(c2ccc4c(c2)NC(=O)CS4)C(=O)O1)C3. The first kappa shape index (κ1) is 22.2. The summed E-state index contributed by atoms with van der Waals surface area (Å²) in [5, 5.41) is 7.58. The minimum absolute atomic E-state index is 0.0318. The number of hydrogen-bond acceptors (Lipinski definition) is 6. The Bertz CT molecular complexity index is 1420. The molecule has 2 aromatic carbocycles. The van der Waals surface area contributed by atoms with Crippen LogP contribution in [-0.4, -0.2) is 41.5 Å². The first-order valence-corrected chi connectivity index (χ1v) is 12.9. The monoisotopic (exact) mass is 490 g/mol. The van der Waals surface area contributed by atoms with Crippen molar-refractivity contribution in [2.75, 3.05) is 29.1 Å². The Kier molecular flexibility index (Phi) is 5.53. The van der Waals surface area contributed by atoms with Crippen LogP contribution in [0.25, 0.3) is 10.9 Å². The van der Waals surface area contributed by atoms with E-state index in [1.165, 1.54) is 22.9 Å². The Morgan fingerprint density at radius 2 is 1.97 bits per heavy atom. The quantitative estimate of drug-likeness (QED) is 0.511. The molecular formula is C26H26N4O4S. The molecule has 2 atom stereocenters. The van der Waals surface area contributed by atoms with E-state index in [-0.39, 0.29) is 29.7 Å². The Balaban J connectivity index is 1.06. The van der Waals surface area contributed by atoms with Gasteiger partial charge >= 0.3 is 6.09 Å². The summed E-state index contributed by atoms with van der Waals surface area (Å²) in [6, 6.07) is 13.5. The van der Waals surface area contributed by atoms with E-state index in [4.69, 9.17) is 4.74 Å². The lowest BCUT2D eigenvalue weighted by Crippen LogP contribution is -2.27. The summed E-state index contributed by atoms with van der Waals surface area (Å²) in [5.74, 6) is 0.378. The number of fused-ring (bicyclic) bond motifs is 1. The van der Waals surface area contributed by atoms with Crippen molar-refractivity contribution >= 4 is 46.0 Å². The molecule has 1 aromatic heterocycles. The zero-order chi connectivity index (χ0) is 24.1. The molecule has 0 bridgehead atoms. The number of anilines is 2. The van der Waals surface area contributed by atoms with Crippen LogP contribution in [0.5, 0.6) is 0 Å². The van der Waals surface area contributed by atoms with E-state index in [2.05, 4.69) is 29.7 Å². The van der Waals surface area contributed by atoms with Gasteiger partial charge in [0.2, 0.25) is 5.91 Å². The predicted molar refractivity (Wildman–Crippen MR) is 136 cm³/mol. The van der Waals surface area contributed by atoms with Crippen LogP contribution in [0.1, 0.15) is 30.0 Å². The van der Waals surface area contributed by atoms with Crippen LogP contribution in [0.4, 0.5) is 16.2 Å². The van der Waals surface area contributed by atoms with Gasteiger partial charge < -0.3 is 19.9 Å². The normalized spacial score (nSPS) is 20.8. The minimum Gasteiger partial charge on any atom is -0.444 e. The van der Waals surface area contributed by atoms with E-state index in [1.807, 2.05) is 28.8 Å². The van der Waals surface area contributed by atoms with Gasteiger partial charge in [0.15, 0.2) is 0 Å². The Morgan fingerprint density at radius 3 is 2.86 bits per heavy atom. The van der Waals surface area contributed by atoms with Gasteiger partial charge in [-0.1, -0.05) is 12.1 Å². The van der Waals surface area contributed by atoms with Gasteiger partial charge in [0, 0.05) is 23.2 Å². The number of pyridine rings is 1. The van der Waals surface area contributed by atoms with Crippen LogP contribution < -0.4 is 21.1 Å². The second-order valence-electron chi connectivity index (χ2n) is 9.30. The number of thioether (sulfide) groups is 1. The number of ether oxygens (including phenoxy) is 1. The van der Waals surface area contributed by atoms with Gasteiger partial charge in [0.1, 0.15) is 6.10 Å². The average Bonchev–Trinajstić information content (AvgIpc) is 3.42. The maximum absolute atomic E-state index is 12.5. The highest BCUT2D eigenvalue weighted by molar-refractivity contribution is 8.00. The third kappa shape index (κ3) is 3.98. The summed E-state index contributed by atoms with van der Waals surface area (Å²) in [6.45, 7) is 3.98. The molecule has 0 radical (unpaired) electrons. The topological polar surface area (TPSA) is 92.7 Å². The molecule has 0 aliphatic carbocycles. The number of rotatable bonds is 6. The molecule has 3 aromatic rings. The van der Waals surface area contributed by atoms with Crippen LogP contribution in [0.15, 0.2) is 52.2 Å². The highest BCUT2D eigenvalue weighted by Crippen LogP contribution is 2.36. The number of nitrogens with one attached hydrogen (secondary N) is 2. The first-order chi connectivity index (χ1) is 17.0. The number of carbonyl (C=O) groups is 2. The van der Waals surface area contributed by atoms with E-state index in [0.29, 0.717) is 18.8 Å². The molecule has 2 N–H and O–H groups in total. The number of aromatic nitrogens is 1. The molecule has 9 heteroatoms. The number of benzene rings is 2. The van der Waals surface area contributed by atoms with Crippen molar-refractivity contribution in [3.05, 3.63) is 63.9 Å². The number of nitrogens with zero attached hydrogens (tertiary/aromatic N) is 2. The molecule has 3 aliphatic rings. The summed E-state index contributed by atoms with van der Waals surface area (Å²) in [7, 11) is 0. The summed E-state index contributed by atoms with van der Waals surface area (Å²) in [6.07, 6.45) is 1.05. The van der Waals surface area contributed by atoms with Crippen molar-refractivity contribution in [2.24, 2.45) is 0 Å². The number of carbonyl (C=O) groups excluding carboxylic acids is 2. The smallest absolute Gasteiger partial charge is 0.414 e. The predicted octanol–water partition coefficient (Wildman–Crippen LogP) is 3.80. The summed E-state index contributed by atoms with van der Waals surface area (Å²) < 4.78 is 7.49. The van der Waals surface area contributed by atoms with Crippen LogP contribution in [-0.2, 0) is 16.1 Å². The van der Waals surface area contributed by atoms with E-state index in [0.717, 1.165) is 46.6 Å². The molecule has 0 spiro atoms. The molecule has 8 nitrogen and oxygen atoms in total. The van der Waals surface area contributed by atoms with Gasteiger partial charge in [0.05, 0.1) is 29.5 Å². The molecule has 180 valence electrons. The maximum Gasteiger partial charge on any atom is 0.414 e. The van der Waals surface area contributed by atoms with Crippen LogP contribution in [0.3, 0.4) is 0 Å². The van der Waals surface area contributed by atoms with Crippen LogP contribution in [0.2, 0.25) is 0 Å². The molecule has 0 saturated carbocycles. The summed E-state index contributed by atoms with van der Waals surface area (Å²) in [4.78, 5) is 39.3. The van der Waals surface area contributed by atoms with Gasteiger partial charge in [0.25, 0.3) is 5.56 Å². The fraction of sp³-hybridized carbons (Fsp3) is 0.346. The third-order valence-electron chi connectivity index (χ3n) is 7.00. The van der Waals surface area contributed by atoms with Crippen molar-refractivity contribution in [2.45, 2.75) is 43.4 Å². The van der Waals surface area contributed by atoms with Gasteiger partial charge in [-0.15, -0.1) is 11.8 Å². The highest BCUT2D eigenvalue weighted by atomic mass is 32.2. The van der Waals surface area contributed by atoms with Gasteiger partial charge in [-0.05, 0) is 67.1 Å². The van der Waals surface area contributed by atoms with E-state index in [1.54, 1.807) is 11.0 Å². The fourth-order valence-electron chi connectivity index (χ4n) is 5.31. The molecule has 3 aliphatic heterocycles. The van der Waals surface area contributed by atoms with Gasteiger partial charge in [-0.25, -0.2) is 4.79 Å². The van der Waals surface area contributed by atoms with Gasteiger partial charge in [-0.3, -0.25) is 14.5 Å². The Labute approximate surface area is 206 Å². The van der Waals surface area contributed by atoms with Crippen molar-refractivity contribution in [3.8, 4) is 0 Å². The molecule has 1 saturated heterocycles. The highest BCUT2D eigenvalue weighted by Gasteiger charge is 2.33. The van der Waals surface area contributed by atoms with Crippen molar-refractivity contribution < 1.29 is 14.3 Å². The van der Waals surface area contributed by atoms with Crippen LogP contribution in [0, 0.1) is 6.92 Å². The standard InChI is InChI=1S/C26H26N4O4S/c1-15-4-5-16-6-9-23(32)30-13-20(24(15)25(16)30)27-10-2-3-18-12-29(26(33)34-18)17-7-8-21-19(11-17)28-22(31)14-35-21/h4-9,11,18,20,27H,2-3,10,12-14H2,1H3,(H,28,31)/t18-,20?/m1/s1. The second kappa shape index (κ2) is 8.73. The lowest BCUT2D eigenvalue weighted by molar-refractivity contribution is -0.113. The molecule has 2 amide bonds. The number of amides is 2. The molecule has 6 rings (SSSR count). The Hall–Kier alpha value is -3.30. The lowest BCUT2D eigenvalue weighted by atomic mass is 10.0. The van der Waals surface area contributed by atoms with Gasteiger partial charge in [-0.2, -0.15) is 0 Å². The molecular weight excluding hydrogens is 464 g/mol. The van der Waals surface area contributed by atoms with Crippen molar-refractivity contribution in [1.29, 1.82) is 0 Å². The van der Waals surface area contributed by atoms with Crippen molar-refractivity contribution in [3.63, 3.8) is 0 Å². The molecule has 1 unspecified atom stereocenters. The van der Waals surface area contributed by atoms with E-state index < -0.39 is 0 Å². The second-order valence-corrected chi connectivity index (χ2v) is 10.3. The zero-order valence-corrected chi connectivity index (χ0v) is 20.2. The summed E-state index contributed by atoms with van der Waals surface area (Å²) in [5.41, 5.74) is 4.94. The van der Waals surface area contributed by atoms with Crippen LogP contribution >= 0.6 is 11.8 Å². The van der Waals surface area contributed by atoms with E-state index in [9.17, 15) is 14.4 Å². The first-order valence-electron chi connectivity index (χ1n) is 11.9. The number of cyclic esters (lactones) is 1. The molecule has 1 fully saturated rings. The van der Waals surface area contributed by atoms with E-state index >= 15 is 0 Å². The third-order valence-corrected chi connectivity index (χ3v) is 8.07. The minimum atomic E-state index is -0.356. The maximum atomic E-state index is 12.5.